The van der Waals surface area contributed by atoms with Gasteiger partial charge < -0.3 is 18.9 Å². The minimum atomic E-state index is 0.299. The predicted octanol–water partition coefficient (Wildman–Crippen LogP) is 3.10. The maximum atomic E-state index is 5.57. The van der Waals surface area contributed by atoms with Gasteiger partial charge in [-0.15, -0.1) is 0 Å². The summed E-state index contributed by atoms with van der Waals surface area (Å²) in [5, 5.41) is 1.13. The lowest BCUT2D eigenvalue weighted by Crippen LogP contribution is -2.41. The third-order valence-electron chi connectivity index (χ3n) is 5.01. The van der Waals surface area contributed by atoms with Gasteiger partial charge in [0, 0.05) is 12.5 Å². The third kappa shape index (κ3) is 2.05. The first-order chi connectivity index (χ1) is 12.3. The monoisotopic (exact) mass is 336 g/mol. The molecule has 0 unspecified atom stereocenters. The fourth-order valence-corrected chi connectivity index (χ4v) is 3.78. The van der Waals surface area contributed by atoms with E-state index in [4.69, 9.17) is 18.9 Å². The molecule has 0 saturated heterocycles. The molecular formula is C20H18NO4+. The van der Waals surface area contributed by atoms with Crippen LogP contribution in [0.3, 0.4) is 0 Å². The van der Waals surface area contributed by atoms with Gasteiger partial charge in [0.1, 0.15) is 0 Å². The number of aromatic nitrogens is 1. The van der Waals surface area contributed by atoms with Crippen molar-refractivity contribution < 1.29 is 23.5 Å². The summed E-state index contributed by atoms with van der Waals surface area (Å²) in [7, 11) is 3.33. The maximum Gasteiger partial charge on any atom is 0.231 e. The van der Waals surface area contributed by atoms with Crippen molar-refractivity contribution in [3.63, 3.8) is 0 Å². The van der Waals surface area contributed by atoms with E-state index in [2.05, 4.69) is 34.9 Å². The van der Waals surface area contributed by atoms with Gasteiger partial charge in [0.2, 0.25) is 18.0 Å². The quantitative estimate of drug-likeness (QED) is 0.674. The zero-order chi connectivity index (χ0) is 17.0. The number of nitrogens with zero attached hydrogens (tertiary/aromatic N) is 1. The van der Waals surface area contributed by atoms with Gasteiger partial charge in [0.25, 0.3) is 0 Å². The molecule has 0 aliphatic carbocycles. The second-order valence-corrected chi connectivity index (χ2v) is 6.25. The summed E-state index contributed by atoms with van der Waals surface area (Å²) >= 11 is 0. The summed E-state index contributed by atoms with van der Waals surface area (Å²) in [6.07, 6.45) is 0.955. The zero-order valence-corrected chi connectivity index (χ0v) is 14.2. The fraction of sp³-hybridized carbons (Fsp3) is 0.250. The van der Waals surface area contributed by atoms with Crippen LogP contribution in [-0.2, 0) is 13.0 Å². The van der Waals surface area contributed by atoms with Crippen molar-refractivity contribution in [2.24, 2.45) is 0 Å². The van der Waals surface area contributed by atoms with Crippen molar-refractivity contribution in [3.8, 4) is 34.3 Å². The molecule has 0 fully saturated rings. The highest BCUT2D eigenvalue weighted by molar-refractivity contribution is 5.82. The van der Waals surface area contributed by atoms with Gasteiger partial charge in [-0.25, -0.2) is 0 Å². The molecule has 126 valence electrons. The fourth-order valence-electron chi connectivity index (χ4n) is 3.78. The van der Waals surface area contributed by atoms with Crippen molar-refractivity contribution >= 4 is 10.9 Å². The van der Waals surface area contributed by atoms with Crippen LogP contribution in [0.4, 0.5) is 0 Å². The molecule has 2 aromatic carbocycles. The molecule has 0 bridgehead atoms. The number of aryl methyl sites for hydroxylation is 2. The molecule has 2 aliphatic heterocycles. The van der Waals surface area contributed by atoms with Crippen LogP contribution in [0.25, 0.3) is 22.2 Å². The van der Waals surface area contributed by atoms with E-state index < -0.39 is 0 Å². The summed E-state index contributed by atoms with van der Waals surface area (Å²) in [4.78, 5) is 0. The highest BCUT2D eigenvalue weighted by atomic mass is 16.7. The van der Waals surface area contributed by atoms with Crippen molar-refractivity contribution in [1.29, 1.82) is 0 Å². The largest absolute Gasteiger partial charge is 0.493 e. The standard InChI is InChI=1S/C20H18NO4/c1-22-17-8-13-3-4-15-14-9-20-19(24-11-25-20)7-12(14)5-6-21(15)16(13)10-18(17)23-2/h3-4,7-10H,5-6,11H2,1-2H3/q+1. The Kier molecular flexibility index (Phi) is 3.04. The number of hydrogen-bond donors (Lipinski definition) is 0. The minimum Gasteiger partial charge on any atom is -0.493 e. The minimum absolute atomic E-state index is 0.299. The first kappa shape index (κ1) is 14.4. The number of benzene rings is 2. The number of rotatable bonds is 2. The van der Waals surface area contributed by atoms with E-state index in [0.29, 0.717) is 6.79 Å². The molecule has 0 spiro atoms. The lowest BCUT2D eigenvalue weighted by atomic mass is 9.95. The van der Waals surface area contributed by atoms with Crippen molar-refractivity contribution in [3.05, 3.63) is 42.0 Å². The Balaban J connectivity index is 1.75. The Labute approximate surface area is 145 Å². The van der Waals surface area contributed by atoms with Crippen LogP contribution in [-0.4, -0.2) is 21.0 Å². The molecule has 0 radical (unpaired) electrons. The van der Waals surface area contributed by atoms with Crippen LogP contribution in [0.5, 0.6) is 23.0 Å². The van der Waals surface area contributed by atoms with E-state index in [1.54, 1.807) is 14.2 Å². The van der Waals surface area contributed by atoms with Crippen molar-refractivity contribution in [2.45, 2.75) is 13.0 Å². The van der Waals surface area contributed by atoms with Crippen LogP contribution in [0.15, 0.2) is 36.4 Å². The van der Waals surface area contributed by atoms with Gasteiger partial charge >= 0.3 is 0 Å². The Bertz CT molecular complexity index is 1010. The second-order valence-electron chi connectivity index (χ2n) is 6.25. The van der Waals surface area contributed by atoms with Gasteiger partial charge in [-0.2, -0.15) is 4.57 Å². The molecule has 0 amide bonds. The van der Waals surface area contributed by atoms with Gasteiger partial charge in [-0.05, 0) is 29.8 Å². The van der Waals surface area contributed by atoms with Crippen LogP contribution < -0.4 is 23.5 Å². The van der Waals surface area contributed by atoms with Crippen LogP contribution in [0.1, 0.15) is 5.56 Å². The van der Waals surface area contributed by atoms with Crippen LogP contribution in [0.2, 0.25) is 0 Å². The number of ether oxygens (including phenoxy) is 4. The van der Waals surface area contributed by atoms with E-state index >= 15 is 0 Å². The van der Waals surface area contributed by atoms with Gasteiger partial charge in [-0.1, -0.05) is 0 Å². The topological polar surface area (TPSA) is 40.8 Å². The van der Waals surface area contributed by atoms with Crippen molar-refractivity contribution in [2.75, 3.05) is 21.0 Å². The third-order valence-corrected chi connectivity index (χ3v) is 5.01. The molecule has 5 nitrogen and oxygen atoms in total. The summed E-state index contributed by atoms with van der Waals surface area (Å²) < 4.78 is 24.3. The molecule has 3 heterocycles. The number of methoxy groups -OCH3 is 2. The van der Waals surface area contributed by atoms with E-state index in [-0.39, 0.29) is 0 Å². The molecule has 2 aliphatic rings. The molecule has 1 aromatic heterocycles. The highest BCUT2D eigenvalue weighted by Gasteiger charge is 2.29. The molecule has 0 saturated carbocycles. The Hall–Kier alpha value is -2.95. The molecule has 3 aromatic rings. The molecule has 0 N–H and O–H groups in total. The molecule has 25 heavy (non-hydrogen) atoms. The molecule has 0 atom stereocenters. The van der Waals surface area contributed by atoms with Gasteiger partial charge in [0.15, 0.2) is 29.5 Å². The predicted molar refractivity (Wildman–Crippen MR) is 92.5 cm³/mol. The Morgan fingerprint density at radius 3 is 2.48 bits per heavy atom. The van der Waals surface area contributed by atoms with Gasteiger partial charge in [0.05, 0.1) is 31.2 Å². The average Bonchev–Trinajstić information content (AvgIpc) is 3.11. The molecule has 5 rings (SSSR count). The number of hydrogen-bond acceptors (Lipinski definition) is 4. The van der Waals surface area contributed by atoms with E-state index in [9.17, 15) is 0 Å². The molecular weight excluding hydrogens is 318 g/mol. The highest BCUT2D eigenvalue weighted by Crippen LogP contribution is 2.40. The van der Waals surface area contributed by atoms with E-state index in [1.807, 2.05) is 6.07 Å². The average molecular weight is 336 g/mol. The van der Waals surface area contributed by atoms with E-state index in [1.165, 1.54) is 16.8 Å². The SMILES string of the molecule is COc1cc2ccc3[n+](c2cc1OC)CCc1cc2c(cc1-3)OCO2. The molecule has 5 heteroatoms. The lowest BCUT2D eigenvalue weighted by Gasteiger charge is -2.17. The maximum absolute atomic E-state index is 5.57. The summed E-state index contributed by atoms with van der Waals surface area (Å²) in [5.41, 5.74) is 4.81. The first-order valence-corrected chi connectivity index (χ1v) is 8.30. The number of fused-ring (bicyclic) bond motifs is 6. The normalized spacial score (nSPS) is 14.2. The van der Waals surface area contributed by atoms with Crippen LogP contribution in [0, 0.1) is 0 Å². The van der Waals surface area contributed by atoms with Crippen LogP contribution >= 0.6 is 0 Å². The first-order valence-electron chi connectivity index (χ1n) is 8.30. The zero-order valence-electron chi connectivity index (χ0n) is 14.2. The Morgan fingerprint density at radius 2 is 1.68 bits per heavy atom. The summed E-state index contributed by atoms with van der Waals surface area (Å²) in [6.45, 7) is 1.21. The van der Waals surface area contributed by atoms with Crippen molar-refractivity contribution in [1.82, 2.24) is 0 Å². The smallest absolute Gasteiger partial charge is 0.231 e. The van der Waals surface area contributed by atoms with E-state index in [0.717, 1.165) is 46.9 Å². The Morgan fingerprint density at radius 1 is 0.920 bits per heavy atom. The summed E-state index contributed by atoms with van der Waals surface area (Å²) in [5.74, 6) is 3.15. The number of pyridine rings is 1. The van der Waals surface area contributed by atoms with Gasteiger partial charge in [-0.3, -0.25) is 0 Å². The second kappa shape index (κ2) is 5.28. The lowest BCUT2D eigenvalue weighted by molar-refractivity contribution is -0.661. The summed E-state index contributed by atoms with van der Waals surface area (Å²) in [6, 6.07) is 12.6.